The van der Waals surface area contributed by atoms with E-state index in [9.17, 15) is 4.79 Å². The summed E-state index contributed by atoms with van der Waals surface area (Å²) >= 11 is 12.6. The Balaban J connectivity index is 1.35. The first-order valence-electron chi connectivity index (χ1n) is 11.1. The fourth-order valence-corrected chi connectivity index (χ4v) is 6.05. The summed E-state index contributed by atoms with van der Waals surface area (Å²) in [5.74, 6) is 0.799. The van der Waals surface area contributed by atoms with Crippen LogP contribution in [0.2, 0.25) is 10.0 Å². The van der Waals surface area contributed by atoms with Crippen LogP contribution in [-0.4, -0.2) is 27.7 Å². The minimum absolute atomic E-state index is 0.0538. The quantitative estimate of drug-likeness (QED) is 0.431. The van der Waals surface area contributed by atoms with Gasteiger partial charge in [0.25, 0.3) is 0 Å². The smallest absolute Gasteiger partial charge is 0.193 e. The molecule has 1 unspecified atom stereocenters. The van der Waals surface area contributed by atoms with Gasteiger partial charge in [-0.2, -0.15) is 0 Å². The van der Waals surface area contributed by atoms with Crippen LogP contribution in [0.15, 0.2) is 59.7 Å². The zero-order valence-corrected chi connectivity index (χ0v) is 19.4. The lowest BCUT2D eigenvalue weighted by molar-refractivity contribution is 0.187. The Morgan fingerprint density at radius 3 is 2.67 bits per heavy atom. The second-order valence-electron chi connectivity index (χ2n) is 9.09. The van der Waals surface area contributed by atoms with Crippen molar-refractivity contribution in [1.29, 1.82) is 0 Å². The third-order valence-corrected chi connectivity index (χ3v) is 8.26. The molecule has 1 fully saturated rings. The lowest BCUT2D eigenvalue weighted by atomic mass is 9.73. The highest BCUT2D eigenvalue weighted by Gasteiger charge is 2.46. The Labute approximate surface area is 200 Å². The summed E-state index contributed by atoms with van der Waals surface area (Å²) in [5, 5.41) is 3.92. The zero-order chi connectivity index (χ0) is 22.7. The molecule has 1 spiro atoms. The van der Waals surface area contributed by atoms with Gasteiger partial charge in [-0.15, -0.1) is 0 Å². The molecule has 4 aromatic rings. The van der Waals surface area contributed by atoms with Gasteiger partial charge in [0, 0.05) is 30.8 Å². The van der Waals surface area contributed by atoms with E-state index in [1.807, 2.05) is 4.52 Å². The molecule has 1 aliphatic heterocycles. The second-order valence-corrected chi connectivity index (χ2v) is 9.88. The molecule has 0 saturated carbocycles. The molecular formula is C25H23Cl2N5O. The average Bonchev–Trinajstić information content (AvgIpc) is 3.40. The number of halogens is 2. The topological polar surface area (TPSA) is 79.4 Å². The number of rotatable bonds is 2. The van der Waals surface area contributed by atoms with E-state index in [-0.39, 0.29) is 16.9 Å². The van der Waals surface area contributed by atoms with Crippen LogP contribution in [0, 0.1) is 5.41 Å². The van der Waals surface area contributed by atoms with E-state index >= 15 is 0 Å². The Morgan fingerprint density at radius 1 is 1.09 bits per heavy atom. The van der Waals surface area contributed by atoms with Crippen molar-refractivity contribution in [2.24, 2.45) is 11.1 Å². The maximum Gasteiger partial charge on any atom is 0.193 e. The maximum atomic E-state index is 13.3. The lowest BCUT2D eigenvalue weighted by Gasteiger charge is -2.43. The molecule has 0 bridgehead atoms. The highest BCUT2D eigenvalue weighted by atomic mass is 35.5. The number of nitrogens with zero attached hydrogens (tertiary/aromatic N) is 3. The van der Waals surface area contributed by atoms with Crippen LogP contribution in [0.1, 0.15) is 30.0 Å². The standard InChI is InChI=1S/C25H23Cl2N5O/c26-18-7-3-6-17(22(18)27)21-19(33)12-20(32-24(21)29-14-30-32)31-10-8-25(9-11-31)13-15-4-1-2-5-16(15)23(25)28/h1-7,12,14,23H,8-11,13,28H2,(H,29,30). The van der Waals surface area contributed by atoms with Gasteiger partial charge in [-0.1, -0.05) is 59.6 Å². The molecule has 1 saturated heterocycles. The van der Waals surface area contributed by atoms with Gasteiger partial charge in [-0.05, 0) is 41.9 Å². The average molecular weight is 480 g/mol. The lowest BCUT2D eigenvalue weighted by Crippen LogP contribution is -2.45. The summed E-state index contributed by atoms with van der Waals surface area (Å²) in [5.41, 5.74) is 10.9. The van der Waals surface area contributed by atoms with Gasteiger partial charge in [0.15, 0.2) is 11.1 Å². The van der Waals surface area contributed by atoms with Gasteiger partial charge in [-0.3, -0.25) is 9.89 Å². The summed E-state index contributed by atoms with van der Waals surface area (Å²) in [4.78, 5) is 20.0. The largest absolute Gasteiger partial charge is 0.356 e. The van der Waals surface area contributed by atoms with Gasteiger partial charge in [-0.25, -0.2) is 9.50 Å². The molecule has 1 atom stereocenters. The molecule has 33 heavy (non-hydrogen) atoms. The molecular weight excluding hydrogens is 457 g/mol. The van der Waals surface area contributed by atoms with E-state index in [4.69, 9.17) is 28.9 Å². The highest BCUT2D eigenvalue weighted by Crippen LogP contribution is 2.51. The number of hydrogen-bond donors (Lipinski definition) is 2. The van der Waals surface area contributed by atoms with Gasteiger partial charge in [0.1, 0.15) is 12.1 Å². The normalized spacial score (nSPS) is 19.4. The summed E-state index contributed by atoms with van der Waals surface area (Å²) in [6.07, 6.45) is 4.54. The number of piperidine rings is 1. The van der Waals surface area contributed by atoms with Crippen LogP contribution in [-0.2, 0) is 6.42 Å². The predicted molar refractivity (Wildman–Crippen MR) is 132 cm³/mol. The number of nitrogens with one attached hydrogen (secondary N) is 1. The van der Waals surface area contributed by atoms with Crippen molar-refractivity contribution >= 4 is 34.7 Å². The number of nitrogens with two attached hydrogens (primary N) is 1. The van der Waals surface area contributed by atoms with E-state index < -0.39 is 0 Å². The van der Waals surface area contributed by atoms with Crippen molar-refractivity contribution in [3.8, 4) is 11.1 Å². The first-order chi connectivity index (χ1) is 16.0. The molecule has 3 N–H and O–H groups in total. The third-order valence-electron chi connectivity index (χ3n) is 7.44. The molecule has 2 aromatic carbocycles. The number of hydrogen-bond acceptors (Lipinski definition) is 4. The maximum absolute atomic E-state index is 13.3. The van der Waals surface area contributed by atoms with Crippen molar-refractivity contribution in [1.82, 2.24) is 14.6 Å². The van der Waals surface area contributed by atoms with Crippen molar-refractivity contribution in [2.45, 2.75) is 25.3 Å². The fourth-order valence-electron chi connectivity index (χ4n) is 5.65. The first-order valence-corrected chi connectivity index (χ1v) is 11.9. The predicted octanol–water partition coefficient (Wildman–Crippen LogP) is 4.84. The molecule has 1 aliphatic carbocycles. The molecule has 3 heterocycles. The number of fused-ring (bicyclic) bond motifs is 2. The van der Waals surface area contributed by atoms with Crippen LogP contribution in [0.5, 0.6) is 0 Å². The number of aromatic nitrogens is 3. The van der Waals surface area contributed by atoms with E-state index in [0.29, 0.717) is 26.8 Å². The molecule has 2 aliphatic rings. The molecule has 0 radical (unpaired) electrons. The van der Waals surface area contributed by atoms with Gasteiger partial charge >= 0.3 is 0 Å². The Morgan fingerprint density at radius 2 is 1.88 bits per heavy atom. The Bertz CT molecular complexity index is 1430. The number of anilines is 1. The van der Waals surface area contributed by atoms with E-state index in [1.54, 1.807) is 30.6 Å². The van der Waals surface area contributed by atoms with Crippen LogP contribution < -0.4 is 16.1 Å². The van der Waals surface area contributed by atoms with Crippen molar-refractivity contribution in [2.75, 3.05) is 18.0 Å². The molecule has 168 valence electrons. The second kappa shape index (κ2) is 7.62. The number of H-pyrrole nitrogens is 1. The minimum Gasteiger partial charge on any atom is -0.356 e. The molecule has 6 rings (SSSR count). The molecule has 6 nitrogen and oxygen atoms in total. The van der Waals surface area contributed by atoms with Crippen molar-refractivity contribution in [3.05, 3.63) is 86.3 Å². The number of pyridine rings is 1. The molecule has 2 aromatic heterocycles. The minimum atomic E-state index is -0.133. The summed E-state index contributed by atoms with van der Waals surface area (Å²) < 4.78 is 1.86. The molecule has 0 amide bonds. The highest BCUT2D eigenvalue weighted by molar-refractivity contribution is 6.43. The van der Waals surface area contributed by atoms with Crippen LogP contribution in [0.25, 0.3) is 16.8 Å². The Hall–Kier alpha value is -2.80. The SMILES string of the molecule is NC1c2ccccc2CC12CCN(c1cc(=O)c(-c3cccc(Cl)c3Cl)c3nc[nH]n13)CC2. The van der Waals surface area contributed by atoms with E-state index in [2.05, 4.69) is 39.2 Å². The van der Waals surface area contributed by atoms with E-state index in [1.165, 1.54) is 11.1 Å². The monoisotopic (exact) mass is 479 g/mol. The third kappa shape index (κ3) is 3.12. The summed E-state index contributed by atoms with van der Waals surface area (Å²) in [6.45, 7) is 1.64. The summed E-state index contributed by atoms with van der Waals surface area (Å²) in [7, 11) is 0. The van der Waals surface area contributed by atoms with Crippen LogP contribution in [0.4, 0.5) is 5.82 Å². The van der Waals surface area contributed by atoms with Crippen molar-refractivity contribution in [3.63, 3.8) is 0 Å². The first kappa shape index (κ1) is 20.8. The molecule has 8 heteroatoms. The number of aromatic amines is 1. The van der Waals surface area contributed by atoms with Gasteiger partial charge in [0.05, 0.1) is 15.6 Å². The van der Waals surface area contributed by atoms with Crippen LogP contribution >= 0.6 is 23.2 Å². The Kier molecular flexibility index (Phi) is 4.80. The van der Waals surface area contributed by atoms with E-state index in [0.717, 1.165) is 38.2 Å². The zero-order valence-electron chi connectivity index (χ0n) is 17.9. The van der Waals surface area contributed by atoms with Crippen LogP contribution in [0.3, 0.4) is 0 Å². The van der Waals surface area contributed by atoms with Crippen molar-refractivity contribution < 1.29 is 0 Å². The fraction of sp³-hybridized carbons (Fsp3) is 0.280. The van der Waals surface area contributed by atoms with Gasteiger partial charge in [0.2, 0.25) is 0 Å². The van der Waals surface area contributed by atoms with Gasteiger partial charge < -0.3 is 10.6 Å². The number of benzene rings is 2. The summed E-state index contributed by atoms with van der Waals surface area (Å²) in [6, 6.07) is 15.5.